The first kappa shape index (κ1) is 17.6. The van der Waals surface area contributed by atoms with Gasteiger partial charge in [-0.15, -0.1) is 0 Å². The zero-order valence-electron chi connectivity index (χ0n) is 14.3. The van der Waals surface area contributed by atoms with Crippen molar-refractivity contribution in [2.24, 2.45) is 0 Å². The van der Waals surface area contributed by atoms with Crippen LogP contribution in [0.4, 0.5) is 0 Å². The minimum Gasteiger partial charge on any atom is -0.461 e. The highest BCUT2D eigenvalue weighted by Crippen LogP contribution is 2.16. The van der Waals surface area contributed by atoms with E-state index in [1.165, 1.54) is 12.3 Å². The number of furan rings is 1. The number of aromatic amines is 1. The molecule has 0 aromatic carbocycles. The summed E-state index contributed by atoms with van der Waals surface area (Å²) in [5, 5.41) is 6.65. The quantitative estimate of drug-likeness (QED) is 0.624. The molecule has 0 aliphatic carbocycles. The van der Waals surface area contributed by atoms with Gasteiger partial charge in [-0.25, -0.2) is 4.98 Å². The molecule has 0 saturated heterocycles. The van der Waals surface area contributed by atoms with Crippen LogP contribution in [-0.4, -0.2) is 32.6 Å². The first-order chi connectivity index (χ1) is 12.6. The highest BCUT2D eigenvalue weighted by molar-refractivity contribution is 5.75. The molecule has 1 amide bonds. The van der Waals surface area contributed by atoms with Gasteiger partial charge < -0.3 is 19.2 Å². The third kappa shape index (κ3) is 4.88. The van der Waals surface area contributed by atoms with Gasteiger partial charge in [0.25, 0.3) is 5.56 Å². The summed E-state index contributed by atoms with van der Waals surface area (Å²) in [4.78, 5) is 34.2. The van der Waals surface area contributed by atoms with Crippen molar-refractivity contribution in [3.63, 3.8) is 0 Å². The van der Waals surface area contributed by atoms with Crippen LogP contribution in [0.2, 0.25) is 0 Å². The number of hydrogen-bond donors (Lipinski definition) is 2. The average Bonchev–Trinajstić information content (AvgIpc) is 3.25. The molecule has 9 heteroatoms. The highest BCUT2D eigenvalue weighted by atomic mass is 16.5. The Kier molecular flexibility index (Phi) is 5.57. The Morgan fingerprint density at radius 3 is 2.96 bits per heavy atom. The van der Waals surface area contributed by atoms with Gasteiger partial charge in [-0.2, -0.15) is 4.98 Å². The molecule has 0 atom stereocenters. The van der Waals surface area contributed by atoms with Crippen LogP contribution in [0.15, 0.2) is 38.2 Å². The van der Waals surface area contributed by atoms with Gasteiger partial charge in [0.1, 0.15) is 5.82 Å². The summed E-state index contributed by atoms with van der Waals surface area (Å²) in [7, 11) is 0. The van der Waals surface area contributed by atoms with E-state index >= 15 is 0 Å². The molecule has 0 fully saturated rings. The number of nitrogens with one attached hydrogen (secondary N) is 2. The van der Waals surface area contributed by atoms with Crippen LogP contribution in [-0.2, 0) is 17.6 Å². The number of hydrogen-bond acceptors (Lipinski definition) is 7. The molecule has 0 saturated carbocycles. The fourth-order valence-electron chi connectivity index (χ4n) is 2.45. The monoisotopic (exact) mass is 357 g/mol. The predicted octanol–water partition coefficient (Wildman–Crippen LogP) is 1.40. The second-order valence-electron chi connectivity index (χ2n) is 5.76. The molecule has 0 radical (unpaired) electrons. The normalized spacial score (nSPS) is 10.8. The molecular weight excluding hydrogens is 338 g/mol. The number of H-pyrrole nitrogens is 1. The van der Waals surface area contributed by atoms with Crippen molar-refractivity contribution < 1.29 is 13.7 Å². The Morgan fingerprint density at radius 2 is 2.19 bits per heavy atom. The summed E-state index contributed by atoms with van der Waals surface area (Å²) < 4.78 is 10.3. The molecule has 3 rings (SSSR count). The van der Waals surface area contributed by atoms with Gasteiger partial charge in [0.15, 0.2) is 5.76 Å². The van der Waals surface area contributed by atoms with Gasteiger partial charge in [0.05, 0.1) is 6.26 Å². The lowest BCUT2D eigenvalue weighted by molar-refractivity contribution is -0.121. The second-order valence-corrected chi connectivity index (χ2v) is 5.76. The zero-order valence-corrected chi connectivity index (χ0v) is 14.3. The van der Waals surface area contributed by atoms with Gasteiger partial charge in [-0.1, -0.05) is 5.16 Å². The Bertz CT molecular complexity index is 913. The van der Waals surface area contributed by atoms with E-state index in [2.05, 4.69) is 25.4 Å². The minimum atomic E-state index is -0.188. The maximum Gasteiger partial charge on any atom is 0.251 e. The smallest absolute Gasteiger partial charge is 0.251 e. The van der Waals surface area contributed by atoms with E-state index in [1.54, 1.807) is 19.1 Å². The molecule has 0 aliphatic rings. The number of amides is 1. The van der Waals surface area contributed by atoms with Crippen molar-refractivity contribution in [2.45, 2.75) is 32.6 Å². The Labute approximate surface area is 148 Å². The fraction of sp³-hybridized carbons (Fsp3) is 0.353. The average molecular weight is 357 g/mol. The van der Waals surface area contributed by atoms with Crippen molar-refractivity contribution in [1.82, 2.24) is 25.4 Å². The summed E-state index contributed by atoms with van der Waals surface area (Å²) in [6.07, 6.45) is 3.50. The van der Waals surface area contributed by atoms with E-state index in [0.717, 1.165) is 0 Å². The Hall–Kier alpha value is -3.23. The van der Waals surface area contributed by atoms with Gasteiger partial charge >= 0.3 is 0 Å². The van der Waals surface area contributed by atoms with E-state index in [1.807, 2.05) is 0 Å². The third-order valence-corrected chi connectivity index (χ3v) is 3.62. The van der Waals surface area contributed by atoms with Gasteiger partial charge in [-0.05, 0) is 25.5 Å². The van der Waals surface area contributed by atoms with Crippen molar-refractivity contribution >= 4 is 5.91 Å². The van der Waals surface area contributed by atoms with Crippen LogP contribution in [0.25, 0.3) is 11.6 Å². The molecule has 2 N–H and O–H groups in total. The number of carbonyl (C=O) groups excluding carboxylic acids is 1. The SMILES string of the molecule is Cc1nc(CCNC(=O)CCCc2nc(-c3ccco3)no2)cc(=O)[nH]1. The standard InChI is InChI=1S/C17H19N5O4/c1-11-19-12(10-15(24)20-11)7-8-18-14(23)5-2-6-16-21-17(22-26-16)13-4-3-9-25-13/h3-4,9-10H,2,5-8H2,1H3,(H,18,23)(H,19,20,24). The number of aromatic nitrogens is 4. The molecule has 9 nitrogen and oxygen atoms in total. The molecule has 0 unspecified atom stereocenters. The van der Waals surface area contributed by atoms with Crippen LogP contribution < -0.4 is 10.9 Å². The Balaban J connectivity index is 1.37. The van der Waals surface area contributed by atoms with Crippen LogP contribution in [0.1, 0.15) is 30.3 Å². The lowest BCUT2D eigenvalue weighted by Gasteiger charge is -2.04. The third-order valence-electron chi connectivity index (χ3n) is 3.62. The van der Waals surface area contributed by atoms with E-state index in [-0.39, 0.29) is 11.5 Å². The molecule has 0 spiro atoms. The lowest BCUT2D eigenvalue weighted by Crippen LogP contribution is -2.26. The zero-order chi connectivity index (χ0) is 18.4. The summed E-state index contributed by atoms with van der Waals surface area (Å²) in [6.45, 7) is 2.15. The first-order valence-electron chi connectivity index (χ1n) is 8.30. The van der Waals surface area contributed by atoms with E-state index < -0.39 is 0 Å². The summed E-state index contributed by atoms with van der Waals surface area (Å²) >= 11 is 0. The van der Waals surface area contributed by atoms with Gasteiger partial charge in [-0.3, -0.25) is 9.59 Å². The largest absolute Gasteiger partial charge is 0.461 e. The van der Waals surface area contributed by atoms with Crippen molar-refractivity contribution in [3.8, 4) is 11.6 Å². The lowest BCUT2D eigenvalue weighted by atomic mass is 10.2. The van der Waals surface area contributed by atoms with E-state index in [0.29, 0.717) is 61.2 Å². The number of rotatable bonds is 8. The predicted molar refractivity (Wildman–Crippen MR) is 91.2 cm³/mol. The number of nitrogens with zero attached hydrogens (tertiary/aromatic N) is 3. The topological polar surface area (TPSA) is 127 Å². The maximum atomic E-state index is 11.9. The summed E-state index contributed by atoms with van der Waals surface area (Å²) in [5.74, 6) is 1.90. The van der Waals surface area contributed by atoms with Crippen molar-refractivity contribution in [3.05, 3.63) is 52.2 Å². The first-order valence-corrected chi connectivity index (χ1v) is 8.30. The van der Waals surface area contributed by atoms with Gasteiger partial charge in [0, 0.05) is 37.6 Å². The molecule has 3 heterocycles. The Morgan fingerprint density at radius 1 is 1.31 bits per heavy atom. The van der Waals surface area contributed by atoms with Crippen molar-refractivity contribution in [1.29, 1.82) is 0 Å². The summed E-state index contributed by atoms with van der Waals surface area (Å²) in [6, 6.07) is 4.93. The second kappa shape index (κ2) is 8.24. The minimum absolute atomic E-state index is 0.0719. The molecule has 3 aromatic heterocycles. The molecule has 0 aliphatic heterocycles. The molecule has 136 valence electrons. The van der Waals surface area contributed by atoms with E-state index in [4.69, 9.17) is 8.94 Å². The summed E-state index contributed by atoms with van der Waals surface area (Å²) in [5.41, 5.74) is 0.468. The van der Waals surface area contributed by atoms with Crippen LogP contribution in [0, 0.1) is 6.92 Å². The molecular formula is C17H19N5O4. The van der Waals surface area contributed by atoms with Crippen LogP contribution in [0.5, 0.6) is 0 Å². The fourth-order valence-corrected chi connectivity index (χ4v) is 2.45. The van der Waals surface area contributed by atoms with Gasteiger partial charge in [0.2, 0.25) is 17.6 Å². The van der Waals surface area contributed by atoms with E-state index in [9.17, 15) is 9.59 Å². The molecule has 3 aromatic rings. The maximum absolute atomic E-state index is 11.9. The van der Waals surface area contributed by atoms with Crippen LogP contribution in [0.3, 0.4) is 0 Å². The number of aryl methyl sites for hydroxylation is 2. The number of carbonyl (C=O) groups is 1. The van der Waals surface area contributed by atoms with Crippen LogP contribution >= 0.6 is 0 Å². The van der Waals surface area contributed by atoms with Crippen molar-refractivity contribution in [2.75, 3.05) is 6.54 Å². The molecule has 26 heavy (non-hydrogen) atoms. The highest BCUT2D eigenvalue weighted by Gasteiger charge is 2.11. The molecule has 0 bridgehead atoms.